The van der Waals surface area contributed by atoms with Gasteiger partial charge in [-0.2, -0.15) is 0 Å². The highest BCUT2D eigenvalue weighted by Gasteiger charge is 2.01. The first-order valence-corrected chi connectivity index (χ1v) is 5.03. The number of nitrogens with zero attached hydrogens (tertiary/aromatic N) is 2. The van der Waals surface area contributed by atoms with Crippen molar-refractivity contribution in [3.8, 4) is 0 Å². The third-order valence-electron chi connectivity index (χ3n) is 1.15. The number of thioether (sulfide) groups is 1. The van der Waals surface area contributed by atoms with Crippen molar-refractivity contribution in [1.29, 1.82) is 0 Å². The first-order chi connectivity index (χ1) is 5.24. The number of halogens is 1. The lowest BCUT2D eigenvalue weighted by atomic mass is 10.8. The molecule has 3 nitrogen and oxygen atoms in total. The van der Waals surface area contributed by atoms with E-state index in [1.165, 1.54) is 0 Å². The van der Waals surface area contributed by atoms with E-state index in [4.69, 9.17) is 5.73 Å². The summed E-state index contributed by atoms with van der Waals surface area (Å²) < 4.78 is 2.85. The monoisotopic (exact) mass is 235 g/mol. The Morgan fingerprint density at radius 3 is 3.00 bits per heavy atom. The van der Waals surface area contributed by atoms with Gasteiger partial charge in [-0.15, -0.1) is 0 Å². The average molecular weight is 236 g/mol. The summed E-state index contributed by atoms with van der Waals surface area (Å²) >= 11 is 4.96. The molecule has 0 radical (unpaired) electrons. The Balaban J connectivity index is 2.62. The molecule has 0 aliphatic rings. The smallest absolute Gasteiger partial charge is 0.168 e. The van der Waals surface area contributed by atoms with Crippen molar-refractivity contribution < 1.29 is 0 Å². The maximum Gasteiger partial charge on any atom is 0.168 e. The van der Waals surface area contributed by atoms with E-state index in [2.05, 4.69) is 20.9 Å². The molecule has 1 rings (SSSR count). The van der Waals surface area contributed by atoms with E-state index >= 15 is 0 Å². The van der Waals surface area contributed by atoms with Gasteiger partial charge in [0.25, 0.3) is 0 Å². The number of nitrogens with two attached hydrogens (primary N) is 1. The van der Waals surface area contributed by atoms with E-state index in [-0.39, 0.29) is 0 Å². The predicted octanol–water partition coefficient (Wildman–Crippen LogP) is 1.23. The van der Waals surface area contributed by atoms with Crippen molar-refractivity contribution >= 4 is 27.7 Å². The van der Waals surface area contributed by atoms with Crippen LogP contribution in [-0.2, 0) is 7.05 Å². The quantitative estimate of drug-likeness (QED) is 0.803. The van der Waals surface area contributed by atoms with E-state index in [9.17, 15) is 0 Å². The molecule has 2 N–H and O–H groups in total. The second kappa shape index (κ2) is 4.13. The maximum absolute atomic E-state index is 5.36. The van der Waals surface area contributed by atoms with E-state index < -0.39 is 0 Å². The fraction of sp³-hybridized carbons (Fsp3) is 0.500. The highest BCUT2D eigenvalue weighted by atomic mass is 79.9. The van der Waals surface area contributed by atoms with Crippen molar-refractivity contribution in [2.75, 3.05) is 12.3 Å². The molecule has 62 valence electrons. The van der Waals surface area contributed by atoms with Crippen molar-refractivity contribution in [2.24, 2.45) is 12.8 Å². The first-order valence-electron chi connectivity index (χ1n) is 3.25. The van der Waals surface area contributed by atoms with Crippen LogP contribution in [0.3, 0.4) is 0 Å². The summed E-state index contributed by atoms with van der Waals surface area (Å²) in [4.78, 5) is 4.23. The first kappa shape index (κ1) is 9.09. The summed E-state index contributed by atoms with van der Waals surface area (Å²) in [6, 6.07) is 0. The van der Waals surface area contributed by atoms with Gasteiger partial charge < -0.3 is 10.3 Å². The minimum Gasteiger partial charge on any atom is -0.330 e. The standard InChI is InChI=1S/C6H10BrN3S/c1-10-4-5(7)9-6(10)11-3-2-8/h4H,2-3,8H2,1H3. The van der Waals surface area contributed by atoms with Crippen molar-refractivity contribution in [2.45, 2.75) is 5.16 Å². The largest absolute Gasteiger partial charge is 0.330 e. The summed E-state index contributed by atoms with van der Waals surface area (Å²) in [6.07, 6.45) is 1.93. The topological polar surface area (TPSA) is 43.8 Å². The molecular weight excluding hydrogens is 226 g/mol. The third kappa shape index (κ3) is 2.50. The molecular formula is C6H10BrN3S. The number of aromatic nitrogens is 2. The van der Waals surface area contributed by atoms with Crippen LogP contribution in [0.25, 0.3) is 0 Å². The Bertz CT molecular complexity index is 236. The Labute approximate surface area is 78.5 Å². The van der Waals surface area contributed by atoms with E-state index in [1.807, 2.05) is 17.8 Å². The normalized spacial score (nSPS) is 10.5. The molecule has 1 heterocycles. The van der Waals surface area contributed by atoms with E-state index in [1.54, 1.807) is 11.8 Å². The number of imidazole rings is 1. The Hall–Kier alpha value is -0.0000000000000000763. The molecule has 0 saturated carbocycles. The molecule has 1 aromatic heterocycles. The lowest BCUT2D eigenvalue weighted by Gasteiger charge is -1.97. The van der Waals surface area contributed by atoms with Crippen LogP contribution < -0.4 is 5.73 Å². The third-order valence-corrected chi connectivity index (χ3v) is 2.61. The summed E-state index contributed by atoms with van der Waals surface area (Å²) in [5, 5.41) is 1.00. The molecule has 0 aliphatic carbocycles. The highest BCUT2D eigenvalue weighted by molar-refractivity contribution is 9.10. The molecule has 0 spiro atoms. The second-order valence-electron chi connectivity index (χ2n) is 2.09. The molecule has 0 bridgehead atoms. The van der Waals surface area contributed by atoms with Crippen LogP contribution in [0.2, 0.25) is 0 Å². The molecule has 5 heteroatoms. The van der Waals surface area contributed by atoms with Gasteiger partial charge >= 0.3 is 0 Å². The zero-order chi connectivity index (χ0) is 8.27. The van der Waals surface area contributed by atoms with Crippen LogP contribution in [-0.4, -0.2) is 21.8 Å². The van der Waals surface area contributed by atoms with Gasteiger partial charge in [0.2, 0.25) is 0 Å². The number of hydrogen-bond donors (Lipinski definition) is 1. The van der Waals surface area contributed by atoms with Crippen molar-refractivity contribution in [3.05, 3.63) is 10.8 Å². The summed E-state index contributed by atoms with van der Waals surface area (Å²) in [5.41, 5.74) is 5.36. The average Bonchev–Trinajstić information content (AvgIpc) is 2.26. The number of aryl methyl sites for hydroxylation is 1. The molecule has 0 atom stereocenters. The van der Waals surface area contributed by atoms with Gasteiger partial charge in [-0.05, 0) is 15.9 Å². The summed E-state index contributed by atoms with van der Waals surface area (Å²) in [7, 11) is 1.97. The molecule has 0 aromatic carbocycles. The van der Waals surface area contributed by atoms with Gasteiger partial charge in [-0.1, -0.05) is 11.8 Å². The molecule has 1 aromatic rings. The van der Waals surface area contributed by atoms with Crippen LogP contribution >= 0.6 is 27.7 Å². The van der Waals surface area contributed by atoms with Crippen LogP contribution in [0.1, 0.15) is 0 Å². The van der Waals surface area contributed by atoms with Crippen molar-refractivity contribution in [3.63, 3.8) is 0 Å². The van der Waals surface area contributed by atoms with E-state index in [0.717, 1.165) is 15.5 Å². The number of rotatable bonds is 3. The van der Waals surface area contributed by atoms with Gasteiger partial charge in [0.1, 0.15) is 4.60 Å². The lowest BCUT2D eigenvalue weighted by Crippen LogP contribution is -2.02. The zero-order valence-electron chi connectivity index (χ0n) is 6.25. The van der Waals surface area contributed by atoms with Gasteiger partial charge in [-0.25, -0.2) is 4.98 Å². The predicted molar refractivity (Wildman–Crippen MR) is 50.7 cm³/mol. The molecule has 0 aliphatic heterocycles. The molecule has 0 fully saturated rings. The SMILES string of the molecule is Cn1cc(Br)nc1SCCN. The van der Waals surface area contributed by atoms with Gasteiger partial charge in [0, 0.05) is 25.5 Å². The zero-order valence-corrected chi connectivity index (χ0v) is 8.65. The van der Waals surface area contributed by atoms with Gasteiger partial charge in [0.15, 0.2) is 5.16 Å². The van der Waals surface area contributed by atoms with Gasteiger partial charge in [-0.3, -0.25) is 0 Å². The van der Waals surface area contributed by atoms with Crippen LogP contribution in [0.15, 0.2) is 16.0 Å². The van der Waals surface area contributed by atoms with Crippen molar-refractivity contribution in [1.82, 2.24) is 9.55 Å². The fourth-order valence-electron chi connectivity index (χ4n) is 0.698. The Morgan fingerprint density at radius 2 is 2.55 bits per heavy atom. The lowest BCUT2D eigenvalue weighted by molar-refractivity contribution is 0.789. The minimum atomic E-state index is 0.690. The number of hydrogen-bond acceptors (Lipinski definition) is 3. The van der Waals surface area contributed by atoms with Crippen LogP contribution in [0.5, 0.6) is 0 Å². The van der Waals surface area contributed by atoms with E-state index in [0.29, 0.717) is 6.54 Å². The van der Waals surface area contributed by atoms with Crippen LogP contribution in [0.4, 0.5) is 0 Å². The molecule has 0 saturated heterocycles. The van der Waals surface area contributed by atoms with Gasteiger partial charge in [0.05, 0.1) is 0 Å². The fourth-order valence-corrected chi connectivity index (χ4v) is 2.01. The molecule has 11 heavy (non-hydrogen) atoms. The maximum atomic E-state index is 5.36. The summed E-state index contributed by atoms with van der Waals surface area (Å²) in [6.45, 7) is 0.690. The Morgan fingerprint density at radius 1 is 1.82 bits per heavy atom. The Kier molecular flexibility index (Phi) is 3.42. The minimum absolute atomic E-state index is 0.690. The molecule has 0 unspecified atom stereocenters. The molecule has 0 amide bonds. The summed E-state index contributed by atoms with van der Waals surface area (Å²) in [5.74, 6) is 0.914. The van der Waals surface area contributed by atoms with Crippen LogP contribution in [0, 0.1) is 0 Å². The second-order valence-corrected chi connectivity index (χ2v) is 3.97. The highest BCUT2D eigenvalue weighted by Crippen LogP contribution is 2.18.